The van der Waals surface area contributed by atoms with Gasteiger partial charge in [0.15, 0.2) is 0 Å². The van der Waals surface area contributed by atoms with Gasteiger partial charge in [-0.2, -0.15) is 5.10 Å². The molecule has 0 unspecified atom stereocenters. The average Bonchev–Trinajstić information content (AvgIpc) is 2.89. The molecule has 4 aromatic rings. The molecule has 0 aliphatic rings. The highest BCUT2D eigenvalue weighted by Gasteiger charge is 2.07. The van der Waals surface area contributed by atoms with Crippen LogP contribution in [0, 0.1) is 0 Å². The lowest BCUT2D eigenvalue weighted by molar-refractivity contribution is 0.0600. The van der Waals surface area contributed by atoms with Gasteiger partial charge in [-0.15, -0.1) is 0 Å². The Morgan fingerprint density at radius 1 is 0.788 bits per heavy atom. The summed E-state index contributed by atoms with van der Waals surface area (Å²) in [4.78, 5) is 11.5. The highest BCUT2D eigenvalue weighted by atomic mass is 16.5. The minimum Gasteiger partial charge on any atom is -0.489 e. The number of nitrogens with zero attached hydrogens (tertiary/aromatic N) is 2. The van der Waals surface area contributed by atoms with Crippen LogP contribution in [0.1, 0.15) is 21.5 Å². The largest absolute Gasteiger partial charge is 0.489 e. The predicted octanol–water partition coefficient (Wildman–Crippen LogP) is 6.22. The first kappa shape index (κ1) is 21.8. The molecule has 5 heteroatoms. The maximum absolute atomic E-state index is 11.5. The lowest BCUT2D eigenvalue weighted by Gasteiger charge is -2.19. The maximum Gasteiger partial charge on any atom is 0.337 e. The van der Waals surface area contributed by atoms with E-state index >= 15 is 0 Å². The van der Waals surface area contributed by atoms with Gasteiger partial charge in [0.2, 0.25) is 0 Å². The van der Waals surface area contributed by atoms with Crippen LogP contribution in [0.15, 0.2) is 114 Å². The molecule has 5 nitrogen and oxygen atoms in total. The van der Waals surface area contributed by atoms with Crippen LogP contribution < -0.4 is 9.75 Å². The third-order valence-corrected chi connectivity index (χ3v) is 4.98. The van der Waals surface area contributed by atoms with E-state index in [4.69, 9.17) is 14.6 Å². The van der Waals surface area contributed by atoms with E-state index in [2.05, 4.69) is 0 Å². The summed E-state index contributed by atoms with van der Waals surface area (Å²) in [6, 6.07) is 35.0. The van der Waals surface area contributed by atoms with E-state index in [0.29, 0.717) is 12.2 Å². The minimum atomic E-state index is -0.349. The molecule has 164 valence electrons. The van der Waals surface area contributed by atoms with Crippen molar-refractivity contribution in [3.05, 3.63) is 126 Å². The third kappa shape index (κ3) is 5.86. The number of rotatable bonds is 8. The van der Waals surface area contributed by atoms with Crippen molar-refractivity contribution in [3.63, 3.8) is 0 Å². The molecule has 0 atom stereocenters. The summed E-state index contributed by atoms with van der Waals surface area (Å²) in [7, 11) is 1.37. The number of ether oxygens (including phenoxy) is 2. The van der Waals surface area contributed by atoms with Crippen molar-refractivity contribution < 1.29 is 14.3 Å². The van der Waals surface area contributed by atoms with Crippen molar-refractivity contribution in [2.45, 2.75) is 6.61 Å². The molecule has 0 aromatic heterocycles. The van der Waals surface area contributed by atoms with Gasteiger partial charge in [-0.05, 0) is 71.8 Å². The molecule has 0 N–H and O–H groups in total. The van der Waals surface area contributed by atoms with Gasteiger partial charge in [-0.3, -0.25) is 0 Å². The summed E-state index contributed by atoms with van der Waals surface area (Å²) in [5.41, 5.74) is 4.41. The Labute approximate surface area is 193 Å². The smallest absolute Gasteiger partial charge is 0.337 e. The molecule has 0 aliphatic carbocycles. The van der Waals surface area contributed by atoms with Crippen molar-refractivity contribution in [2.24, 2.45) is 5.10 Å². The van der Waals surface area contributed by atoms with E-state index in [-0.39, 0.29) is 5.97 Å². The second-order valence-corrected chi connectivity index (χ2v) is 7.27. The number of hydrogen-bond acceptors (Lipinski definition) is 5. The zero-order chi connectivity index (χ0) is 22.9. The fourth-order valence-electron chi connectivity index (χ4n) is 3.22. The van der Waals surface area contributed by atoms with Crippen molar-refractivity contribution in [1.29, 1.82) is 0 Å². The Kier molecular flexibility index (Phi) is 7.13. The molecule has 0 radical (unpaired) electrons. The fraction of sp³-hybridized carbons (Fsp3) is 0.0714. The van der Waals surface area contributed by atoms with Gasteiger partial charge in [0.1, 0.15) is 12.4 Å². The molecule has 0 saturated heterocycles. The zero-order valence-electron chi connectivity index (χ0n) is 18.3. The number of carbonyl (C=O) groups excluding carboxylic acids is 1. The topological polar surface area (TPSA) is 51.1 Å². The van der Waals surface area contributed by atoms with E-state index < -0.39 is 0 Å². The van der Waals surface area contributed by atoms with E-state index in [1.807, 2.05) is 108 Å². The molecule has 0 heterocycles. The van der Waals surface area contributed by atoms with Gasteiger partial charge in [0.25, 0.3) is 0 Å². The number of carbonyl (C=O) groups is 1. The summed E-state index contributed by atoms with van der Waals surface area (Å²) >= 11 is 0. The Balaban J connectivity index is 1.41. The molecule has 33 heavy (non-hydrogen) atoms. The second kappa shape index (κ2) is 10.8. The number of anilines is 2. The molecule has 0 spiro atoms. The first-order chi connectivity index (χ1) is 16.2. The molecule has 0 aliphatic heterocycles. The zero-order valence-corrected chi connectivity index (χ0v) is 18.3. The monoisotopic (exact) mass is 436 g/mol. The second-order valence-electron chi connectivity index (χ2n) is 7.27. The molecule has 0 saturated carbocycles. The summed E-state index contributed by atoms with van der Waals surface area (Å²) in [6.45, 7) is 0.407. The van der Waals surface area contributed by atoms with Gasteiger partial charge in [0.05, 0.1) is 30.3 Å². The van der Waals surface area contributed by atoms with Crippen LogP contribution >= 0.6 is 0 Å². The van der Waals surface area contributed by atoms with Crippen LogP contribution in [0.2, 0.25) is 0 Å². The molecule has 4 rings (SSSR count). The number of hydrogen-bond donors (Lipinski definition) is 0. The standard InChI is InChI=1S/C28H24N2O3/c1-32-28(31)24-16-12-23(13-17-24)21-33-27-18-14-22(15-19-27)20-29-30(25-8-4-2-5-9-25)26-10-6-3-7-11-26/h2-20H,21H2,1H3. The van der Waals surface area contributed by atoms with Crippen molar-refractivity contribution in [1.82, 2.24) is 0 Å². The van der Waals surface area contributed by atoms with Gasteiger partial charge >= 0.3 is 5.97 Å². The highest BCUT2D eigenvalue weighted by molar-refractivity contribution is 5.89. The van der Waals surface area contributed by atoms with E-state index in [1.54, 1.807) is 12.1 Å². The molecule has 0 amide bonds. The van der Waals surface area contributed by atoms with E-state index in [0.717, 1.165) is 28.3 Å². The minimum absolute atomic E-state index is 0.349. The fourth-order valence-corrected chi connectivity index (χ4v) is 3.22. The van der Waals surface area contributed by atoms with Crippen molar-refractivity contribution >= 4 is 23.6 Å². The van der Waals surface area contributed by atoms with Gasteiger partial charge in [-0.1, -0.05) is 48.5 Å². The van der Waals surface area contributed by atoms with Crippen molar-refractivity contribution in [3.8, 4) is 5.75 Å². The Hall–Kier alpha value is -4.38. The number of esters is 1. The predicted molar refractivity (Wildman–Crippen MR) is 131 cm³/mol. The van der Waals surface area contributed by atoms with Crippen LogP contribution in [0.3, 0.4) is 0 Å². The number of para-hydroxylation sites is 2. The third-order valence-electron chi connectivity index (χ3n) is 4.98. The summed E-state index contributed by atoms with van der Waals surface area (Å²) < 4.78 is 10.6. The summed E-state index contributed by atoms with van der Waals surface area (Å²) in [5, 5.41) is 6.62. The van der Waals surface area contributed by atoms with Crippen molar-refractivity contribution in [2.75, 3.05) is 12.1 Å². The Morgan fingerprint density at radius 3 is 1.91 bits per heavy atom. The molecular weight excluding hydrogens is 412 g/mol. The molecule has 0 bridgehead atoms. The van der Waals surface area contributed by atoms with Crippen LogP contribution in [0.5, 0.6) is 5.75 Å². The normalized spacial score (nSPS) is 10.7. The SMILES string of the molecule is COC(=O)c1ccc(COc2ccc(C=NN(c3ccccc3)c3ccccc3)cc2)cc1. The molecule has 0 fully saturated rings. The van der Waals surface area contributed by atoms with Crippen LogP contribution in [0.4, 0.5) is 11.4 Å². The number of hydrazone groups is 1. The van der Waals surface area contributed by atoms with Crippen LogP contribution in [-0.2, 0) is 11.3 Å². The van der Waals surface area contributed by atoms with Crippen LogP contribution in [0.25, 0.3) is 0 Å². The number of benzene rings is 4. The Bertz CT molecular complexity index is 1150. The lowest BCUT2D eigenvalue weighted by Crippen LogP contribution is -2.09. The highest BCUT2D eigenvalue weighted by Crippen LogP contribution is 2.25. The molecular formula is C28H24N2O3. The first-order valence-corrected chi connectivity index (χ1v) is 10.6. The van der Waals surface area contributed by atoms with E-state index in [1.165, 1.54) is 7.11 Å². The maximum atomic E-state index is 11.5. The van der Waals surface area contributed by atoms with Gasteiger partial charge in [0, 0.05) is 0 Å². The summed E-state index contributed by atoms with van der Waals surface area (Å²) in [6.07, 6.45) is 1.83. The lowest BCUT2D eigenvalue weighted by atomic mass is 10.1. The quantitative estimate of drug-likeness (QED) is 0.187. The average molecular weight is 437 g/mol. The molecule has 4 aromatic carbocycles. The number of methoxy groups -OCH3 is 1. The van der Waals surface area contributed by atoms with Gasteiger partial charge < -0.3 is 9.47 Å². The van der Waals surface area contributed by atoms with E-state index in [9.17, 15) is 4.79 Å². The Morgan fingerprint density at radius 2 is 1.36 bits per heavy atom. The van der Waals surface area contributed by atoms with Gasteiger partial charge in [-0.25, -0.2) is 9.80 Å². The summed E-state index contributed by atoms with van der Waals surface area (Å²) in [5.74, 6) is 0.407. The first-order valence-electron chi connectivity index (χ1n) is 10.6. The van der Waals surface area contributed by atoms with Crippen LogP contribution in [-0.4, -0.2) is 19.3 Å².